The minimum absolute atomic E-state index is 0.0672. The fourth-order valence-electron chi connectivity index (χ4n) is 2.63. The van der Waals surface area contributed by atoms with Crippen molar-refractivity contribution in [2.45, 2.75) is 12.7 Å². The first-order chi connectivity index (χ1) is 11.8. The van der Waals surface area contributed by atoms with Gasteiger partial charge < -0.3 is 29.9 Å². The molecule has 25 heavy (non-hydrogen) atoms. The summed E-state index contributed by atoms with van der Waals surface area (Å²) in [6.07, 6.45) is 0. The standard InChI is InChI=1S/C17H14O8/c1-2-24-17(15(22)8-3-4-10(19)11(20)5-8)16(23)14-12(21)6-9(18)7-13(14)25-17/h3-7,18-21H,2H2,1H3. The van der Waals surface area contributed by atoms with Gasteiger partial charge in [-0.1, -0.05) is 0 Å². The van der Waals surface area contributed by atoms with E-state index in [4.69, 9.17) is 9.47 Å². The van der Waals surface area contributed by atoms with Crippen LogP contribution in [0.2, 0.25) is 0 Å². The second-order valence-corrected chi connectivity index (χ2v) is 5.35. The molecule has 1 unspecified atom stereocenters. The fourth-order valence-corrected chi connectivity index (χ4v) is 2.63. The Morgan fingerprint density at radius 2 is 1.80 bits per heavy atom. The van der Waals surface area contributed by atoms with E-state index in [1.165, 1.54) is 6.07 Å². The summed E-state index contributed by atoms with van der Waals surface area (Å²) in [5, 5.41) is 38.4. The third-order valence-corrected chi connectivity index (χ3v) is 3.73. The normalized spacial score (nSPS) is 18.7. The van der Waals surface area contributed by atoms with Crippen molar-refractivity contribution in [2.24, 2.45) is 0 Å². The zero-order chi connectivity index (χ0) is 18.4. The van der Waals surface area contributed by atoms with Gasteiger partial charge in [-0.25, -0.2) is 0 Å². The molecule has 0 radical (unpaired) electrons. The van der Waals surface area contributed by atoms with Crippen LogP contribution >= 0.6 is 0 Å². The van der Waals surface area contributed by atoms with Gasteiger partial charge in [0.2, 0.25) is 5.78 Å². The van der Waals surface area contributed by atoms with Gasteiger partial charge in [-0.05, 0) is 25.1 Å². The molecule has 1 aliphatic rings. The molecular formula is C17H14O8. The van der Waals surface area contributed by atoms with E-state index in [9.17, 15) is 30.0 Å². The van der Waals surface area contributed by atoms with Crippen LogP contribution in [0.3, 0.4) is 0 Å². The van der Waals surface area contributed by atoms with Crippen LogP contribution in [-0.4, -0.2) is 44.4 Å². The number of fused-ring (bicyclic) bond motifs is 1. The summed E-state index contributed by atoms with van der Waals surface area (Å²) in [6.45, 7) is 1.47. The lowest BCUT2D eigenvalue weighted by atomic mass is 9.96. The zero-order valence-electron chi connectivity index (χ0n) is 13.0. The van der Waals surface area contributed by atoms with E-state index in [-0.39, 0.29) is 29.2 Å². The number of phenols is 4. The second kappa shape index (κ2) is 5.67. The van der Waals surface area contributed by atoms with Crippen molar-refractivity contribution >= 4 is 11.6 Å². The van der Waals surface area contributed by atoms with Crippen molar-refractivity contribution in [3.05, 3.63) is 41.5 Å². The maximum absolute atomic E-state index is 12.9. The van der Waals surface area contributed by atoms with Crippen LogP contribution in [0.4, 0.5) is 0 Å². The molecule has 1 aliphatic heterocycles. The van der Waals surface area contributed by atoms with Gasteiger partial charge >= 0.3 is 5.79 Å². The van der Waals surface area contributed by atoms with Crippen LogP contribution in [0.5, 0.6) is 28.7 Å². The van der Waals surface area contributed by atoms with Crippen molar-refractivity contribution < 1.29 is 39.5 Å². The van der Waals surface area contributed by atoms with Crippen molar-refractivity contribution in [1.82, 2.24) is 0 Å². The molecular weight excluding hydrogens is 332 g/mol. The Hall–Kier alpha value is -3.26. The average Bonchev–Trinajstić information content (AvgIpc) is 2.83. The Labute approximate surface area is 141 Å². The van der Waals surface area contributed by atoms with E-state index in [0.717, 1.165) is 24.3 Å². The monoisotopic (exact) mass is 346 g/mol. The van der Waals surface area contributed by atoms with E-state index >= 15 is 0 Å². The van der Waals surface area contributed by atoms with Crippen LogP contribution in [0.25, 0.3) is 0 Å². The third-order valence-electron chi connectivity index (χ3n) is 3.73. The fraction of sp³-hybridized carbons (Fsp3) is 0.176. The van der Waals surface area contributed by atoms with E-state index in [1.54, 1.807) is 6.92 Å². The predicted octanol–water partition coefficient (Wildman–Crippen LogP) is 1.70. The van der Waals surface area contributed by atoms with Crippen molar-refractivity contribution in [3.8, 4) is 28.7 Å². The molecule has 4 N–H and O–H groups in total. The summed E-state index contributed by atoms with van der Waals surface area (Å²) in [5.41, 5.74) is -0.434. The van der Waals surface area contributed by atoms with Gasteiger partial charge in [0.25, 0.3) is 5.78 Å². The number of benzene rings is 2. The Kier molecular flexibility index (Phi) is 3.77. The Morgan fingerprint density at radius 3 is 2.44 bits per heavy atom. The molecule has 0 aromatic heterocycles. The highest BCUT2D eigenvalue weighted by atomic mass is 16.7. The van der Waals surface area contributed by atoms with Crippen LogP contribution in [-0.2, 0) is 4.74 Å². The summed E-state index contributed by atoms with van der Waals surface area (Å²) in [4.78, 5) is 25.7. The van der Waals surface area contributed by atoms with Crippen LogP contribution in [0, 0.1) is 0 Å². The number of phenolic OH excluding ortho intramolecular Hbond substituents is 4. The van der Waals surface area contributed by atoms with Crippen molar-refractivity contribution in [2.75, 3.05) is 6.61 Å². The molecule has 0 spiro atoms. The summed E-state index contributed by atoms with van der Waals surface area (Å²) in [6, 6.07) is 5.26. The van der Waals surface area contributed by atoms with Crippen LogP contribution in [0.1, 0.15) is 27.6 Å². The number of ether oxygens (including phenoxy) is 2. The van der Waals surface area contributed by atoms with Gasteiger partial charge in [-0.3, -0.25) is 9.59 Å². The lowest BCUT2D eigenvalue weighted by molar-refractivity contribution is -0.105. The lowest BCUT2D eigenvalue weighted by Gasteiger charge is -2.25. The topological polar surface area (TPSA) is 134 Å². The molecule has 2 aromatic rings. The molecule has 2 aromatic carbocycles. The molecule has 3 rings (SSSR count). The second-order valence-electron chi connectivity index (χ2n) is 5.35. The highest BCUT2D eigenvalue weighted by Gasteiger charge is 2.57. The number of hydrogen-bond acceptors (Lipinski definition) is 8. The van der Waals surface area contributed by atoms with Crippen molar-refractivity contribution in [3.63, 3.8) is 0 Å². The number of carbonyl (C=O) groups excluding carboxylic acids is 2. The number of carbonyl (C=O) groups is 2. The lowest BCUT2D eigenvalue weighted by Crippen LogP contribution is -2.50. The molecule has 0 saturated carbocycles. The summed E-state index contributed by atoms with van der Waals surface area (Å²) < 4.78 is 10.7. The van der Waals surface area contributed by atoms with Gasteiger partial charge in [0, 0.05) is 24.3 Å². The van der Waals surface area contributed by atoms with Gasteiger partial charge in [0.15, 0.2) is 11.5 Å². The highest BCUT2D eigenvalue weighted by molar-refractivity contribution is 6.25. The minimum atomic E-state index is -2.40. The van der Waals surface area contributed by atoms with E-state index in [0.29, 0.717) is 0 Å². The maximum atomic E-state index is 12.9. The van der Waals surface area contributed by atoms with Crippen molar-refractivity contribution in [1.29, 1.82) is 0 Å². The number of Topliss-reactive ketones (excluding diaryl/α,β-unsaturated/α-hetero) is 2. The first kappa shape index (κ1) is 16.6. The van der Waals surface area contributed by atoms with Crippen LogP contribution in [0.15, 0.2) is 30.3 Å². The number of hydrogen-bond donors (Lipinski definition) is 4. The maximum Gasteiger partial charge on any atom is 0.341 e. The quantitative estimate of drug-likeness (QED) is 0.373. The largest absolute Gasteiger partial charge is 0.508 e. The smallest absolute Gasteiger partial charge is 0.341 e. The van der Waals surface area contributed by atoms with Crippen LogP contribution < -0.4 is 4.74 Å². The SMILES string of the molecule is CCOC1(C(=O)c2ccc(O)c(O)c2)Oc2cc(O)cc(O)c2C1=O. The number of aromatic hydroxyl groups is 4. The molecule has 1 heterocycles. The number of rotatable bonds is 4. The van der Waals surface area contributed by atoms with Gasteiger partial charge in [-0.15, -0.1) is 0 Å². The molecule has 130 valence electrons. The molecule has 0 amide bonds. The Balaban J connectivity index is 2.12. The summed E-state index contributed by atoms with van der Waals surface area (Å²) in [7, 11) is 0. The first-order valence-electron chi connectivity index (χ1n) is 7.30. The Morgan fingerprint density at radius 1 is 1.08 bits per heavy atom. The van der Waals surface area contributed by atoms with Gasteiger partial charge in [0.05, 0.1) is 0 Å². The first-order valence-corrected chi connectivity index (χ1v) is 7.30. The molecule has 8 nitrogen and oxygen atoms in total. The number of ketones is 2. The molecule has 0 saturated heterocycles. The molecule has 0 fully saturated rings. The predicted molar refractivity (Wildman–Crippen MR) is 83.2 cm³/mol. The molecule has 8 heteroatoms. The summed E-state index contributed by atoms with van der Waals surface area (Å²) >= 11 is 0. The molecule has 0 bridgehead atoms. The third kappa shape index (κ3) is 2.43. The molecule has 1 atom stereocenters. The minimum Gasteiger partial charge on any atom is -0.508 e. The summed E-state index contributed by atoms with van der Waals surface area (Å²) in [5.74, 6) is -6.36. The van der Waals surface area contributed by atoms with Gasteiger partial charge in [0.1, 0.15) is 22.8 Å². The van der Waals surface area contributed by atoms with Gasteiger partial charge in [-0.2, -0.15) is 0 Å². The molecule has 0 aliphatic carbocycles. The van der Waals surface area contributed by atoms with E-state index in [1.807, 2.05) is 0 Å². The van der Waals surface area contributed by atoms with E-state index < -0.39 is 34.6 Å². The average molecular weight is 346 g/mol. The highest BCUT2D eigenvalue weighted by Crippen LogP contribution is 2.44. The Bertz CT molecular complexity index is 888. The zero-order valence-corrected chi connectivity index (χ0v) is 13.0. The van der Waals surface area contributed by atoms with E-state index in [2.05, 4.69) is 0 Å².